The molecule has 1 aromatic carbocycles. The number of aromatic nitrogens is 4. The maximum Gasteiger partial charge on any atom is 0.409 e. The van der Waals surface area contributed by atoms with Gasteiger partial charge in [-0.1, -0.05) is 22.8 Å². The molecule has 10 nitrogen and oxygen atoms in total. The number of carbonyl (C=O) groups is 2. The first-order chi connectivity index (χ1) is 15.5. The molecule has 0 saturated carbocycles. The van der Waals surface area contributed by atoms with Gasteiger partial charge in [-0.15, -0.1) is 0 Å². The van der Waals surface area contributed by atoms with E-state index in [0.717, 1.165) is 0 Å². The minimum absolute atomic E-state index is 0.0445. The predicted octanol–water partition coefficient (Wildman–Crippen LogP) is 3.46. The van der Waals surface area contributed by atoms with Crippen molar-refractivity contribution in [2.75, 3.05) is 25.5 Å². The molecule has 0 bridgehead atoms. The van der Waals surface area contributed by atoms with E-state index in [1.165, 1.54) is 13.3 Å². The fraction of sp³-hybridized carbons (Fsp3) is 0.190. The van der Waals surface area contributed by atoms with Gasteiger partial charge in [0, 0.05) is 24.8 Å². The molecule has 1 aliphatic rings. The zero-order chi connectivity index (χ0) is 22.2. The minimum atomic E-state index is -0.384. The number of nitrogens with zero attached hydrogens (tertiary/aromatic N) is 5. The van der Waals surface area contributed by atoms with Crippen molar-refractivity contribution in [1.29, 1.82) is 0 Å². The van der Waals surface area contributed by atoms with Crippen LogP contribution in [0.3, 0.4) is 0 Å². The molecule has 0 spiro atoms. The van der Waals surface area contributed by atoms with Gasteiger partial charge in [0.05, 0.1) is 29.9 Å². The maximum atomic E-state index is 12.8. The molecule has 4 heterocycles. The van der Waals surface area contributed by atoms with Crippen molar-refractivity contribution in [1.82, 2.24) is 24.4 Å². The van der Waals surface area contributed by atoms with Crippen LogP contribution in [0, 0.1) is 0 Å². The van der Waals surface area contributed by atoms with E-state index in [1.54, 1.807) is 33.7 Å². The number of fused-ring (bicyclic) bond motifs is 1. The van der Waals surface area contributed by atoms with E-state index in [9.17, 15) is 9.59 Å². The molecule has 2 amide bonds. The molecule has 11 heteroatoms. The van der Waals surface area contributed by atoms with Gasteiger partial charge in [-0.2, -0.15) is 4.98 Å². The van der Waals surface area contributed by atoms with Gasteiger partial charge in [0.2, 0.25) is 11.7 Å². The average Bonchev–Trinajstić information content (AvgIpc) is 3.41. The lowest BCUT2D eigenvalue weighted by molar-refractivity contribution is 0.0804. The van der Waals surface area contributed by atoms with Crippen LogP contribution in [-0.4, -0.2) is 56.6 Å². The SMILES string of the molecule is COC(=O)N1CC(c2nc(-c3ccc(Cl)c(NC(=O)c4cnc5ccccn45)c3)no2)C1. The molecule has 1 aliphatic heterocycles. The predicted molar refractivity (Wildman–Crippen MR) is 115 cm³/mol. The van der Waals surface area contributed by atoms with Crippen molar-refractivity contribution in [2.45, 2.75) is 5.92 Å². The van der Waals surface area contributed by atoms with E-state index >= 15 is 0 Å². The molecule has 0 atom stereocenters. The molecule has 4 aromatic rings. The molecule has 5 rings (SSSR count). The van der Waals surface area contributed by atoms with Gasteiger partial charge in [-0.3, -0.25) is 9.20 Å². The van der Waals surface area contributed by atoms with Crippen molar-refractivity contribution in [2.24, 2.45) is 0 Å². The molecule has 162 valence electrons. The summed E-state index contributed by atoms with van der Waals surface area (Å²) in [6.45, 7) is 0.908. The van der Waals surface area contributed by atoms with Gasteiger partial charge < -0.3 is 19.5 Å². The largest absolute Gasteiger partial charge is 0.453 e. The van der Waals surface area contributed by atoms with Gasteiger partial charge in [0.1, 0.15) is 11.3 Å². The Kier molecular flexibility index (Phi) is 4.98. The van der Waals surface area contributed by atoms with Crippen molar-refractivity contribution in [3.05, 3.63) is 65.4 Å². The Bertz CT molecular complexity index is 1330. The first-order valence-electron chi connectivity index (χ1n) is 9.73. The first kappa shape index (κ1) is 20.0. The number of halogens is 1. The summed E-state index contributed by atoms with van der Waals surface area (Å²) in [7, 11) is 1.34. The number of imidazole rings is 1. The number of hydrogen-bond donors (Lipinski definition) is 1. The van der Waals surface area contributed by atoms with Crippen LogP contribution in [0.5, 0.6) is 0 Å². The summed E-state index contributed by atoms with van der Waals surface area (Å²) >= 11 is 6.30. The Morgan fingerprint density at radius 2 is 2.09 bits per heavy atom. The summed E-state index contributed by atoms with van der Waals surface area (Å²) in [4.78, 5) is 34.5. The third kappa shape index (κ3) is 3.54. The van der Waals surface area contributed by atoms with E-state index in [-0.39, 0.29) is 17.9 Å². The molecule has 32 heavy (non-hydrogen) atoms. The Labute approximate surface area is 186 Å². The van der Waals surface area contributed by atoms with Crippen LogP contribution in [-0.2, 0) is 4.74 Å². The second kappa shape index (κ2) is 7.97. The fourth-order valence-electron chi connectivity index (χ4n) is 3.48. The first-order valence-corrected chi connectivity index (χ1v) is 10.1. The standard InChI is InChI=1S/C21H17ClN6O4/c1-31-21(30)27-10-13(11-27)20-25-18(26-32-20)12-5-6-14(22)15(8-12)24-19(29)16-9-23-17-4-2-3-7-28(16)17/h2-9,13H,10-11H2,1H3,(H,24,29). The molecule has 0 unspecified atom stereocenters. The number of pyridine rings is 1. The lowest BCUT2D eigenvalue weighted by Gasteiger charge is -2.35. The summed E-state index contributed by atoms with van der Waals surface area (Å²) in [6, 6.07) is 10.5. The number of methoxy groups -OCH3 is 1. The number of nitrogens with one attached hydrogen (secondary N) is 1. The Morgan fingerprint density at radius 1 is 1.25 bits per heavy atom. The smallest absolute Gasteiger partial charge is 0.409 e. The van der Waals surface area contributed by atoms with Gasteiger partial charge >= 0.3 is 6.09 Å². The summed E-state index contributed by atoms with van der Waals surface area (Å²) in [5.74, 6) is 0.399. The topological polar surface area (TPSA) is 115 Å². The lowest BCUT2D eigenvalue weighted by atomic mass is 10.0. The van der Waals surface area contributed by atoms with E-state index in [0.29, 0.717) is 52.4 Å². The Morgan fingerprint density at radius 3 is 2.91 bits per heavy atom. The number of carbonyl (C=O) groups excluding carboxylic acids is 2. The number of benzene rings is 1. The van der Waals surface area contributed by atoms with Crippen LogP contribution in [0.1, 0.15) is 22.3 Å². The summed E-state index contributed by atoms with van der Waals surface area (Å²) in [5, 5.41) is 7.21. The number of amides is 2. The van der Waals surface area contributed by atoms with Gasteiger partial charge in [-0.05, 0) is 30.3 Å². The highest BCUT2D eigenvalue weighted by molar-refractivity contribution is 6.34. The van der Waals surface area contributed by atoms with Crippen molar-refractivity contribution in [3.8, 4) is 11.4 Å². The Balaban J connectivity index is 1.34. The highest BCUT2D eigenvalue weighted by Crippen LogP contribution is 2.31. The van der Waals surface area contributed by atoms with E-state index in [1.807, 2.05) is 18.2 Å². The molecular weight excluding hydrogens is 436 g/mol. The van der Waals surface area contributed by atoms with Crippen molar-refractivity contribution >= 4 is 34.9 Å². The number of likely N-dealkylation sites (tertiary alicyclic amines) is 1. The van der Waals surface area contributed by atoms with Gasteiger partial charge in [-0.25, -0.2) is 9.78 Å². The summed E-state index contributed by atoms with van der Waals surface area (Å²) in [5.41, 5.74) is 2.08. The lowest BCUT2D eigenvalue weighted by Crippen LogP contribution is -2.48. The highest BCUT2D eigenvalue weighted by Gasteiger charge is 2.36. The minimum Gasteiger partial charge on any atom is -0.453 e. The highest BCUT2D eigenvalue weighted by atomic mass is 35.5. The third-order valence-electron chi connectivity index (χ3n) is 5.23. The molecule has 1 saturated heterocycles. The van der Waals surface area contributed by atoms with Crippen LogP contribution < -0.4 is 5.32 Å². The zero-order valence-electron chi connectivity index (χ0n) is 16.9. The van der Waals surface area contributed by atoms with Crippen LogP contribution in [0.15, 0.2) is 53.3 Å². The van der Waals surface area contributed by atoms with Crippen LogP contribution in [0.4, 0.5) is 10.5 Å². The Hall–Kier alpha value is -3.92. The maximum absolute atomic E-state index is 12.8. The molecule has 0 aliphatic carbocycles. The van der Waals surface area contributed by atoms with E-state index in [4.69, 9.17) is 16.1 Å². The van der Waals surface area contributed by atoms with Crippen LogP contribution in [0.2, 0.25) is 5.02 Å². The number of anilines is 1. The normalized spacial score (nSPS) is 13.8. The molecule has 1 fully saturated rings. The van der Waals surface area contributed by atoms with Gasteiger partial charge in [0.25, 0.3) is 5.91 Å². The molecular formula is C21H17ClN6O4. The van der Waals surface area contributed by atoms with Crippen LogP contribution in [0.25, 0.3) is 17.0 Å². The molecule has 3 aromatic heterocycles. The summed E-state index contributed by atoms with van der Waals surface area (Å²) < 4.78 is 11.7. The van der Waals surface area contributed by atoms with Crippen molar-refractivity contribution in [3.63, 3.8) is 0 Å². The van der Waals surface area contributed by atoms with Gasteiger partial charge in [0.15, 0.2) is 0 Å². The molecule has 0 radical (unpaired) electrons. The fourth-order valence-corrected chi connectivity index (χ4v) is 3.64. The van der Waals surface area contributed by atoms with E-state index < -0.39 is 0 Å². The second-order valence-electron chi connectivity index (χ2n) is 7.25. The van der Waals surface area contributed by atoms with Crippen LogP contribution >= 0.6 is 11.6 Å². The zero-order valence-corrected chi connectivity index (χ0v) is 17.6. The average molecular weight is 453 g/mol. The monoisotopic (exact) mass is 452 g/mol. The quantitative estimate of drug-likeness (QED) is 0.504. The third-order valence-corrected chi connectivity index (χ3v) is 5.56. The molecule has 1 N–H and O–H groups in total. The number of rotatable bonds is 4. The second-order valence-corrected chi connectivity index (χ2v) is 7.66. The van der Waals surface area contributed by atoms with Crippen molar-refractivity contribution < 1.29 is 18.8 Å². The number of hydrogen-bond acceptors (Lipinski definition) is 7. The summed E-state index contributed by atoms with van der Waals surface area (Å²) in [6.07, 6.45) is 2.88. The number of ether oxygens (including phenoxy) is 1. The van der Waals surface area contributed by atoms with E-state index in [2.05, 4.69) is 25.2 Å².